The molecule has 2 aromatic rings. The normalized spacial score (nSPS) is 16.5. The SMILES string of the molecule is N#CC1CCN(c2n[nH]c(=O)c3ccccc23)CC1. The Morgan fingerprint density at radius 1 is 1.26 bits per heavy atom. The highest BCUT2D eigenvalue weighted by molar-refractivity contribution is 5.91. The summed E-state index contributed by atoms with van der Waals surface area (Å²) in [6.45, 7) is 1.61. The Morgan fingerprint density at radius 3 is 2.63 bits per heavy atom. The number of H-pyrrole nitrogens is 1. The second-order valence-electron chi connectivity index (χ2n) is 4.81. The lowest BCUT2D eigenvalue weighted by atomic mass is 9.98. The fourth-order valence-corrected chi connectivity index (χ4v) is 2.56. The maximum atomic E-state index is 11.7. The Balaban J connectivity index is 2.01. The van der Waals surface area contributed by atoms with E-state index in [2.05, 4.69) is 21.2 Å². The van der Waals surface area contributed by atoms with Crippen LogP contribution in [0, 0.1) is 17.2 Å². The molecular weight excluding hydrogens is 240 g/mol. The van der Waals surface area contributed by atoms with Crippen molar-refractivity contribution in [3.8, 4) is 6.07 Å². The zero-order valence-corrected chi connectivity index (χ0v) is 10.5. The van der Waals surface area contributed by atoms with Gasteiger partial charge < -0.3 is 4.90 Å². The van der Waals surface area contributed by atoms with Crippen molar-refractivity contribution in [2.24, 2.45) is 5.92 Å². The molecule has 19 heavy (non-hydrogen) atoms. The van der Waals surface area contributed by atoms with Gasteiger partial charge in [-0.05, 0) is 18.9 Å². The molecule has 0 atom stereocenters. The van der Waals surface area contributed by atoms with Crippen LogP contribution in [0.25, 0.3) is 10.8 Å². The average molecular weight is 254 g/mol. The number of fused-ring (bicyclic) bond motifs is 1. The van der Waals surface area contributed by atoms with Crippen LogP contribution in [-0.2, 0) is 0 Å². The molecule has 0 bridgehead atoms. The van der Waals surface area contributed by atoms with E-state index in [1.54, 1.807) is 6.07 Å². The summed E-state index contributed by atoms with van der Waals surface area (Å²) in [5.74, 6) is 0.955. The van der Waals surface area contributed by atoms with Gasteiger partial charge in [0.1, 0.15) is 0 Å². The first-order valence-electron chi connectivity index (χ1n) is 6.41. The first kappa shape index (κ1) is 11.7. The smallest absolute Gasteiger partial charge is 0.272 e. The molecule has 1 N–H and O–H groups in total. The van der Waals surface area contributed by atoms with Crippen LogP contribution >= 0.6 is 0 Å². The number of aromatic amines is 1. The zero-order chi connectivity index (χ0) is 13.2. The lowest BCUT2D eigenvalue weighted by Crippen LogP contribution is -2.34. The van der Waals surface area contributed by atoms with E-state index in [-0.39, 0.29) is 11.5 Å². The number of aromatic nitrogens is 2. The summed E-state index contributed by atoms with van der Waals surface area (Å²) in [6, 6.07) is 9.81. The molecule has 1 aromatic carbocycles. The van der Waals surface area contributed by atoms with Crippen molar-refractivity contribution in [2.75, 3.05) is 18.0 Å². The van der Waals surface area contributed by atoms with E-state index in [1.165, 1.54) is 0 Å². The van der Waals surface area contributed by atoms with Crippen molar-refractivity contribution in [3.05, 3.63) is 34.6 Å². The summed E-state index contributed by atoms with van der Waals surface area (Å²) < 4.78 is 0. The quantitative estimate of drug-likeness (QED) is 0.840. The predicted octanol–water partition coefficient (Wildman–Crippen LogP) is 1.66. The van der Waals surface area contributed by atoms with Gasteiger partial charge in [0.25, 0.3) is 5.56 Å². The van der Waals surface area contributed by atoms with Gasteiger partial charge in [0.05, 0.1) is 11.5 Å². The molecule has 0 radical (unpaired) electrons. The third-order valence-corrected chi connectivity index (χ3v) is 3.65. The number of benzene rings is 1. The molecule has 0 unspecified atom stereocenters. The van der Waals surface area contributed by atoms with Crippen LogP contribution in [0.1, 0.15) is 12.8 Å². The van der Waals surface area contributed by atoms with Crippen molar-refractivity contribution >= 4 is 16.6 Å². The molecular formula is C14H14N4O. The van der Waals surface area contributed by atoms with E-state index >= 15 is 0 Å². The second kappa shape index (κ2) is 4.73. The highest BCUT2D eigenvalue weighted by atomic mass is 16.1. The molecule has 0 aliphatic carbocycles. The fraction of sp³-hybridized carbons (Fsp3) is 0.357. The lowest BCUT2D eigenvalue weighted by Gasteiger charge is -2.30. The van der Waals surface area contributed by atoms with Gasteiger partial charge in [-0.2, -0.15) is 10.4 Å². The van der Waals surface area contributed by atoms with E-state index in [1.807, 2.05) is 18.2 Å². The number of piperidine rings is 1. The van der Waals surface area contributed by atoms with Gasteiger partial charge in [-0.1, -0.05) is 18.2 Å². The Hall–Kier alpha value is -2.35. The summed E-state index contributed by atoms with van der Waals surface area (Å²) in [5.41, 5.74) is -0.161. The molecule has 96 valence electrons. The minimum absolute atomic E-state index is 0.144. The number of nitriles is 1. The number of nitrogens with one attached hydrogen (secondary N) is 1. The summed E-state index contributed by atoms with van der Waals surface area (Å²) in [4.78, 5) is 13.9. The highest BCUT2D eigenvalue weighted by Gasteiger charge is 2.21. The largest absolute Gasteiger partial charge is 0.355 e. The van der Waals surface area contributed by atoms with Gasteiger partial charge in [-0.3, -0.25) is 4.79 Å². The molecule has 5 heteroatoms. The van der Waals surface area contributed by atoms with Crippen LogP contribution < -0.4 is 10.5 Å². The van der Waals surface area contributed by atoms with Gasteiger partial charge in [0.2, 0.25) is 0 Å². The minimum atomic E-state index is -0.161. The Labute approximate surface area is 110 Å². The molecule has 5 nitrogen and oxygen atoms in total. The topological polar surface area (TPSA) is 72.8 Å². The summed E-state index contributed by atoms with van der Waals surface area (Å²) in [7, 11) is 0. The van der Waals surface area contributed by atoms with Crippen molar-refractivity contribution in [2.45, 2.75) is 12.8 Å². The van der Waals surface area contributed by atoms with Crippen LogP contribution in [0.5, 0.6) is 0 Å². The lowest BCUT2D eigenvalue weighted by molar-refractivity contribution is 0.485. The van der Waals surface area contributed by atoms with Crippen molar-refractivity contribution in [1.82, 2.24) is 10.2 Å². The molecule has 1 aliphatic heterocycles. The average Bonchev–Trinajstić information content (AvgIpc) is 2.48. The van der Waals surface area contributed by atoms with E-state index in [9.17, 15) is 4.79 Å². The number of nitrogens with zero attached hydrogens (tertiary/aromatic N) is 3. The van der Waals surface area contributed by atoms with Gasteiger partial charge in [0, 0.05) is 24.4 Å². The molecule has 2 heterocycles. The summed E-state index contributed by atoms with van der Waals surface area (Å²) >= 11 is 0. The van der Waals surface area contributed by atoms with Crippen LogP contribution in [-0.4, -0.2) is 23.3 Å². The van der Waals surface area contributed by atoms with Gasteiger partial charge in [0.15, 0.2) is 5.82 Å². The number of rotatable bonds is 1. The van der Waals surface area contributed by atoms with Crippen LogP contribution in [0.4, 0.5) is 5.82 Å². The van der Waals surface area contributed by atoms with E-state index < -0.39 is 0 Å². The number of hydrogen-bond donors (Lipinski definition) is 1. The molecule has 1 aromatic heterocycles. The van der Waals surface area contributed by atoms with Crippen LogP contribution in [0.15, 0.2) is 29.1 Å². The predicted molar refractivity (Wildman–Crippen MR) is 72.9 cm³/mol. The molecule has 1 aliphatic rings. The third-order valence-electron chi connectivity index (χ3n) is 3.65. The molecule has 1 fully saturated rings. The van der Waals surface area contributed by atoms with E-state index in [4.69, 9.17) is 5.26 Å². The zero-order valence-electron chi connectivity index (χ0n) is 10.5. The molecule has 1 saturated heterocycles. The van der Waals surface area contributed by atoms with Crippen LogP contribution in [0.3, 0.4) is 0 Å². The second-order valence-corrected chi connectivity index (χ2v) is 4.81. The highest BCUT2D eigenvalue weighted by Crippen LogP contribution is 2.25. The van der Waals surface area contributed by atoms with Gasteiger partial charge >= 0.3 is 0 Å². The minimum Gasteiger partial charge on any atom is -0.355 e. The van der Waals surface area contributed by atoms with E-state index in [0.29, 0.717) is 5.39 Å². The third kappa shape index (κ3) is 2.06. The number of anilines is 1. The van der Waals surface area contributed by atoms with Crippen molar-refractivity contribution in [1.29, 1.82) is 5.26 Å². The maximum absolute atomic E-state index is 11.7. The molecule has 0 saturated carbocycles. The Morgan fingerprint density at radius 2 is 1.95 bits per heavy atom. The van der Waals surface area contributed by atoms with Crippen molar-refractivity contribution in [3.63, 3.8) is 0 Å². The Bertz CT molecular complexity index is 692. The van der Waals surface area contributed by atoms with Gasteiger partial charge in [-0.15, -0.1) is 0 Å². The van der Waals surface area contributed by atoms with E-state index in [0.717, 1.165) is 37.1 Å². The summed E-state index contributed by atoms with van der Waals surface area (Å²) in [6.07, 6.45) is 1.71. The molecule has 0 amide bonds. The first-order valence-corrected chi connectivity index (χ1v) is 6.41. The molecule has 3 rings (SSSR count). The summed E-state index contributed by atoms with van der Waals surface area (Å²) in [5, 5.41) is 17.2. The fourth-order valence-electron chi connectivity index (χ4n) is 2.56. The standard InChI is InChI=1S/C14H14N4O/c15-9-10-5-7-18(8-6-10)13-11-3-1-2-4-12(11)14(19)17-16-13/h1-4,10H,5-8H2,(H,17,19). The maximum Gasteiger partial charge on any atom is 0.272 e. The molecule has 0 spiro atoms. The van der Waals surface area contributed by atoms with Gasteiger partial charge in [-0.25, -0.2) is 5.10 Å². The monoisotopic (exact) mass is 254 g/mol. The van der Waals surface area contributed by atoms with Crippen LogP contribution in [0.2, 0.25) is 0 Å². The van der Waals surface area contributed by atoms with Crippen molar-refractivity contribution < 1.29 is 0 Å². The number of hydrogen-bond acceptors (Lipinski definition) is 4. The Kier molecular flexibility index (Phi) is 2.92. The first-order chi connectivity index (χ1) is 9.29.